The Morgan fingerprint density at radius 3 is 2.59 bits per heavy atom. The molecule has 0 fully saturated rings. The lowest BCUT2D eigenvalue weighted by molar-refractivity contribution is -0.128. The van der Waals surface area contributed by atoms with Crippen molar-refractivity contribution < 1.29 is 9.18 Å². The molecule has 1 atom stereocenters. The average Bonchev–Trinajstić information content (AvgIpc) is 3.14. The second kappa shape index (κ2) is 9.22. The first-order valence-electron chi connectivity index (χ1n) is 9.54. The number of hydrogen-bond donors (Lipinski definition) is 0. The first kappa shape index (κ1) is 21.0. The first-order chi connectivity index (χ1) is 13.9. The molecule has 3 aromatic rings. The van der Waals surface area contributed by atoms with Crippen molar-refractivity contribution >= 4 is 17.7 Å². The Balaban J connectivity index is 1.69. The molecule has 2 aromatic carbocycles. The molecule has 1 aromatic heterocycles. The minimum Gasteiger partial charge on any atom is -0.338 e. The van der Waals surface area contributed by atoms with E-state index in [1.54, 1.807) is 24.1 Å². The summed E-state index contributed by atoms with van der Waals surface area (Å²) < 4.78 is 15.2. The molecule has 1 heterocycles. The van der Waals surface area contributed by atoms with Gasteiger partial charge in [0, 0.05) is 19.2 Å². The van der Waals surface area contributed by atoms with Gasteiger partial charge >= 0.3 is 0 Å². The fourth-order valence-electron chi connectivity index (χ4n) is 3.09. The number of aryl methyl sites for hydroxylation is 1. The third-order valence-corrected chi connectivity index (χ3v) is 5.91. The Bertz CT molecular complexity index is 987. The van der Waals surface area contributed by atoms with Crippen LogP contribution in [0.1, 0.15) is 31.0 Å². The zero-order valence-electron chi connectivity index (χ0n) is 17.1. The molecular weight excluding hydrogens is 387 g/mol. The number of amides is 1. The van der Waals surface area contributed by atoms with Crippen LogP contribution < -0.4 is 0 Å². The summed E-state index contributed by atoms with van der Waals surface area (Å²) in [6.07, 6.45) is 0. The molecule has 1 amide bonds. The molecule has 0 saturated carbocycles. The van der Waals surface area contributed by atoms with E-state index in [0.717, 1.165) is 27.7 Å². The molecule has 0 N–H and O–H groups in total. The van der Waals surface area contributed by atoms with Crippen molar-refractivity contribution in [1.29, 1.82) is 0 Å². The maximum absolute atomic E-state index is 13.1. The van der Waals surface area contributed by atoms with Gasteiger partial charge in [-0.1, -0.05) is 47.7 Å². The highest BCUT2D eigenvalue weighted by molar-refractivity contribution is 7.99. The van der Waals surface area contributed by atoms with Crippen LogP contribution in [-0.2, 0) is 11.3 Å². The zero-order valence-corrected chi connectivity index (χ0v) is 17.9. The Hall–Kier alpha value is -2.67. The van der Waals surface area contributed by atoms with Gasteiger partial charge < -0.3 is 9.47 Å². The van der Waals surface area contributed by atoms with E-state index in [-0.39, 0.29) is 23.5 Å². The molecule has 5 nitrogen and oxygen atoms in total. The van der Waals surface area contributed by atoms with Crippen LogP contribution in [0.2, 0.25) is 0 Å². The molecule has 0 aliphatic heterocycles. The predicted molar refractivity (Wildman–Crippen MR) is 114 cm³/mol. The molecule has 0 radical (unpaired) electrons. The second-order valence-electron chi connectivity index (χ2n) is 6.94. The monoisotopic (exact) mass is 412 g/mol. The largest absolute Gasteiger partial charge is 0.338 e. The van der Waals surface area contributed by atoms with Gasteiger partial charge in [-0.25, -0.2) is 4.39 Å². The lowest BCUT2D eigenvalue weighted by Crippen LogP contribution is -2.31. The normalized spacial score (nSPS) is 12.0. The zero-order chi connectivity index (χ0) is 21.0. The smallest absolute Gasteiger partial charge is 0.233 e. The van der Waals surface area contributed by atoms with E-state index < -0.39 is 0 Å². The molecule has 1 unspecified atom stereocenters. The summed E-state index contributed by atoms with van der Waals surface area (Å²) in [4.78, 5) is 14.4. The maximum Gasteiger partial charge on any atom is 0.233 e. The fraction of sp³-hybridized carbons (Fsp3) is 0.318. The molecule has 0 saturated heterocycles. The maximum atomic E-state index is 13.1. The van der Waals surface area contributed by atoms with Gasteiger partial charge in [-0.2, -0.15) is 0 Å². The summed E-state index contributed by atoms with van der Waals surface area (Å²) in [5, 5.41) is 9.37. The first-order valence-corrected chi connectivity index (χ1v) is 10.5. The molecule has 7 heteroatoms. The summed E-state index contributed by atoms with van der Waals surface area (Å²) >= 11 is 1.38. The minimum atomic E-state index is -0.284. The van der Waals surface area contributed by atoms with Crippen LogP contribution in [0, 0.1) is 12.7 Å². The fourth-order valence-corrected chi connectivity index (χ4v) is 4.01. The number of carbonyl (C=O) groups is 1. The summed E-state index contributed by atoms with van der Waals surface area (Å²) in [5.41, 5.74) is 3.07. The number of carbonyl (C=O) groups excluding carboxylic acids is 1. The number of nitrogens with zero attached hydrogens (tertiary/aromatic N) is 4. The molecule has 29 heavy (non-hydrogen) atoms. The lowest BCUT2D eigenvalue weighted by Gasteiger charge is -2.25. The Morgan fingerprint density at radius 1 is 1.21 bits per heavy atom. The van der Waals surface area contributed by atoms with E-state index >= 15 is 0 Å². The summed E-state index contributed by atoms with van der Waals surface area (Å²) in [7, 11) is 1.76. The molecule has 0 bridgehead atoms. The SMILES string of the molecule is CCn1c(SCC(=O)N(C)C(C)c2ccc(F)cc2)nnc1-c1cccc(C)c1. The summed E-state index contributed by atoms with van der Waals surface area (Å²) in [6, 6.07) is 14.2. The minimum absolute atomic E-state index is 0.0189. The van der Waals surface area contributed by atoms with Crippen LogP contribution in [0.25, 0.3) is 11.4 Å². The molecule has 0 aliphatic carbocycles. The van der Waals surface area contributed by atoms with Gasteiger partial charge in [0.2, 0.25) is 5.91 Å². The van der Waals surface area contributed by atoms with Gasteiger partial charge in [0.05, 0.1) is 11.8 Å². The number of rotatable bonds is 7. The number of thioether (sulfide) groups is 1. The molecule has 3 rings (SSSR count). The van der Waals surface area contributed by atoms with E-state index in [0.29, 0.717) is 6.54 Å². The van der Waals surface area contributed by atoms with Gasteiger partial charge in [0.1, 0.15) is 5.82 Å². The van der Waals surface area contributed by atoms with Gasteiger partial charge in [-0.15, -0.1) is 10.2 Å². The highest BCUT2D eigenvalue weighted by Crippen LogP contribution is 2.26. The number of hydrogen-bond acceptors (Lipinski definition) is 4. The molecule has 152 valence electrons. The van der Waals surface area contributed by atoms with Crippen molar-refractivity contribution in [3.05, 3.63) is 65.5 Å². The van der Waals surface area contributed by atoms with E-state index in [1.165, 1.54) is 23.9 Å². The quantitative estimate of drug-likeness (QED) is 0.527. The highest BCUT2D eigenvalue weighted by atomic mass is 32.2. The Labute approximate surface area is 175 Å². The third-order valence-electron chi connectivity index (χ3n) is 4.96. The molecular formula is C22H25FN4OS. The number of aromatic nitrogens is 3. The van der Waals surface area contributed by atoms with Crippen molar-refractivity contribution in [3.8, 4) is 11.4 Å². The molecule has 0 spiro atoms. The van der Waals surface area contributed by atoms with Crippen LogP contribution in [0.15, 0.2) is 53.7 Å². The molecule has 0 aliphatic rings. The van der Waals surface area contributed by atoms with Crippen molar-refractivity contribution in [2.75, 3.05) is 12.8 Å². The standard InChI is InChI=1S/C22H25FN4OS/c1-5-27-21(18-8-6-7-15(2)13-18)24-25-22(27)29-14-20(28)26(4)16(3)17-9-11-19(23)12-10-17/h6-13,16H,5,14H2,1-4H3. The van der Waals surface area contributed by atoms with E-state index in [2.05, 4.69) is 16.3 Å². The van der Waals surface area contributed by atoms with E-state index in [1.807, 2.05) is 43.5 Å². The number of benzene rings is 2. The van der Waals surface area contributed by atoms with Crippen LogP contribution in [-0.4, -0.2) is 38.4 Å². The average molecular weight is 413 g/mol. The van der Waals surface area contributed by atoms with Gasteiger partial charge in [-0.3, -0.25) is 4.79 Å². The van der Waals surface area contributed by atoms with E-state index in [4.69, 9.17) is 0 Å². The summed E-state index contributed by atoms with van der Waals surface area (Å²) in [6.45, 7) is 6.73. The van der Waals surface area contributed by atoms with Crippen LogP contribution in [0.5, 0.6) is 0 Å². The number of halogens is 1. The van der Waals surface area contributed by atoms with Crippen LogP contribution in [0.4, 0.5) is 4.39 Å². The lowest BCUT2D eigenvalue weighted by atomic mass is 10.1. The Morgan fingerprint density at radius 2 is 1.93 bits per heavy atom. The highest BCUT2D eigenvalue weighted by Gasteiger charge is 2.20. The Kier molecular flexibility index (Phi) is 6.69. The van der Waals surface area contributed by atoms with Gasteiger partial charge in [0.25, 0.3) is 0 Å². The van der Waals surface area contributed by atoms with Crippen molar-refractivity contribution in [2.45, 2.75) is 38.5 Å². The predicted octanol–water partition coefficient (Wildman–Crippen LogP) is 4.72. The van der Waals surface area contributed by atoms with E-state index in [9.17, 15) is 9.18 Å². The van der Waals surface area contributed by atoms with Crippen LogP contribution >= 0.6 is 11.8 Å². The second-order valence-corrected chi connectivity index (χ2v) is 7.88. The summed E-state index contributed by atoms with van der Waals surface area (Å²) in [5.74, 6) is 0.760. The van der Waals surface area contributed by atoms with Gasteiger partial charge in [0.15, 0.2) is 11.0 Å². The van der Waals surface area contributed by atoms with Gasteiger partial charge in [-0.05, 0) is 44.5 Å². The van der Waals surface area contributed by atoms with Crippen LogP contribution in [0.3, 0.4) is 0 Å². The van der Waals surface area contributed by atoms with Crippen molar-refractivity contribution in [2.24, 2.45) is 0 Å². The van der Waals surface area contributed by atoms with Crippen molar-refractivity contribution in [3.63, 3.8) is 0 Å². The van der Waals surface area contributed by atoms with Crippen molar-refractivity contribution in [1.82, 2.24) is 19.7 Å². The third kappa shape index (κ3) is 4.85. The topological polar surface area (TPSA) is 51.0 Å².